The van der Waals surface area contributed by atoms with Crippen molar-refractivity contribution in [3.8, 4) is 11.3 Å². The predicted molar refractivity (Wildman–Crippen MR) is 124 cm³/mol. The first-order chi connectivity index (χ1) is 15.2. The number of carbonyl (C=O) groups is 1. The fourth-order valence-electron chi connectivity index (χ4n) is 4.37. The van der Waals surface area contributed by atoms with E-state index in [4.69, 9.17) is 0 Å². The number of rotatable bonds is 4. The van der Waals surface area contributed by atoms with Gasteiger partial charge in [-0.3, -0.25) is 9.78 Å². The lowest BCUT2D eigenvalue weighted by Gasteiger charge is -2.21. The largest absolute Gasteiger partial charge is 0.386 e. The number of anilines is 3. The van der Waals surface area contributed by atoms with Crippen molar-refractivity contribution in [1.29, 1.82) is 0 Å². The number of hydrogen-bond acceptors (Lipinski definition) is 6. The van der Waals surface area contributed by atoms with E-state index >= 15 is 0 Å². The summed E-state index contributed by atoms with van der Waals surface area (Å²) < 4.78 is 0. The van der Waals surface area contributed by atoms with Crippen LogP contribution in [0.5, 0.6) is 0 Å². The van der Waals surface area contributed by atoms with Crippen molar-refractivity contribution in [2.45, 2.75) is 44.6 Å². The van der Waals surface area contributed by atoms with Crippen LogP contribution < -0.4 is 9.80 Å². The molecule has 1 saturated carbocycles. The fourth-order valence-corrected chi connectivity index (χ4v) is 4.37. The topological polar surface area (TPSA) is 82.5 Å². The Hall–Kier alpha value is -3.32. The molecule has 7 nitrogen and oxygen atoms in total. The summed E-state index contributed by atoms with van der Waals surface area (Å²) in [6.07, 6.45) is 7.56. The zero-order valence-corrected chi connectivity index (χ0v) is 18.8. The minimum atomic E-state index is -0.943. The zero-order valence-electron chi connectivity index (χ0n) is 18.8. The molecule has 0 atom stereocenters. The van der Waals surface area contributed by atoms with Gasteiger partial charge in [0.15, 0.2) is 0 Å². The van der Waals surface area contributed by atoms with Crippen molar-refractivity contribution in [1.82, 2.24) is 15.0 Å². The lowest BCUT2D eigenvalue weighted by Crippen LogP contribution is -2.23. The van der Waals surface area contributed by atoms with Gasteiger partial charge in [0.2, 0.25) is 11.9 Å². The van der Waals surface area contributed by atoms with Crippen molar-refractivity contribution in [3.05, 3.63) is 60.0 Å². The SMILES string of the molecule is CC(=O)N(C)c1ccc2c(c1)N(c1ncc(-c3cc(C(C)(C)O)ccn3)cn1)CC21CC1. The second-order valence-electron chi connectivity index (χ2n) is 9.41. The molecule has 1 aliphatic heterocycles. The Labute approximate surface area is 187 Å². The van der Waals surface area contributed by atoms with E-state index in [-0.39, 0.29) is 11.3 Å². The van der Waals surface area contributed by atoms with Crippen molar-refractivity contribution in [3.63, 3.8) is 0 Å². The summed E-state index contributed by atoms with van der Waals surface area (Å²) in [6.45, 7) is 5.92. The first kappa shape index (κ1) is 20.6. The highest BCUT2D eigenvalue weighted by atomic mass is 16.3. The Balaban J connectivity index is 1.48. The second kappa shape index (κ2) is 7.10. The monoisotopic (exact) mass is 429 g/mol. The third kappa shape index (κ3) is 3.42. The molecule has 164 valence electrons. The molecule has 0 unspecified atom stereocenters. The molecule has 5 rings (SSSR count). The molecule has 1 aromatic carbocycles. The third-order valence-corrected chi connectivity index (χ3v) is 6.66. The molecule has 1 N–H and O–H groups in total. The van der Waals surface area contributed by atoms with Crippen LogP contribution in [-0.2, 0) is 15.8 Å². The molecule has 3 heterocycles. The van der Waals surface area contributed by atoms with Crippen LogP contribution in [0, 0.1) is 0 Å². The molecule has 0 radical (unpaired) electrons. The maximum absolute atomic E-state index is 11.9. The first-order valence-electron chi connectivity index (χ1n) is 10.9. The normalized spacial score (nSPS) is 16.2. The van der Waals surface area contributed by atoms with Gasteiger partial charge < -0.3 is 14.9 Å². The highest BCUT2D eigenvalue weighted by molar-refractivity contribution is 5.92. The molecular weight excluding hydrogens is 402 g/mol. The van der Waals surface area contributed by atoms with E-state index in [1.165, 1.54) is 5.56 Å². The first-order valence-corrected chi connectivity index (χ1v) is 10.9. The molecule has 7 heteroatoms. The molecule has 3 aromatic rings. The Morgan fingerprint density at radius 2 is 1.84 bits per heavy atom. The van der Waals surface area contributed by atoms with Gasteiger partial charge in [-0.05, 0) is 62.1 Å². The number of nitrogens with zero attached hydrogens (tertiary/aromatic N) is 5. The summed E-state index contributed by atoms with van der Waals surface area (Å²) in [4.78, 5) is 29.4. The standard InChI is InChI=1S/C25H27N5O2/c1-16(31)29(4)19-5-6-20-22(12-19)30(15-25(20)8-9-25)23-27-13-17(14-28-23)21-11-18(7-10-26-21)24(2,3)32/h5-7,10-14,32H,8-9,15H2,1-4H3. The molecule has 1 amide bonds. The van der Waals surface area contributed by atoms with Gasteiger partial charge in [0.1, 0.15) is 0 Å². The van der Waals surface area contributed by atoms with E-state index in [2.05, 4.69) is 32.0 Å². The number of aromatic nitrogens is 3. The molecule has 2 aromatic heterocycles. The lowest BCUT2D eigenvalue weighted by molar-refractivity contribution is -0.116. The molecule has 1 fully saturated rings. The average molecular weight is 430 g/mol. The van der Waals surface area contributed by atoms with Crippen LogP contribution in [0.1, 0.15) is 44.7 Å². The quantitative estimate of drug-likeness (QED) is 0.677. The van der Waals surface area contributed by atoms with Crippen LogP contribution in [0.3, 0.4) is 0 Å². The minimum Gasteiger partial charge on any atom is -0.386 e. The number of aliphatic hydroxyl groups is 1. The number of amides is 1. The van der Waals surface area contributed by atoms with Gasteiger partial charge in [0.25, 0.3) is 0 Å². The highest BCUT2D eigenvalue weighted by Gasteiger charge is 2.52. The van der Waals surface area contributed by atoms with E-state index in [0.717, 1.165) is 47.6 Å². The molecule has 32 heavy (non-hydrogen) atoms. The molecular formula is C25H27N5O2. The molecule has 0 bridgehead atoms. The number of hydrogen-bond donors (Lipinski definition) is 1. The number of carbonyl (C=O) groups excluding carboxylic acids is 1. The Bertz CT molecular complexity index is 1200. The van der Waals surface area contributed by atoms with Crippen molar-refractivity contribution < 1.29 is 9.90 Å². The van der Waals surface area contributed by atoms with Gasteiger partial charge in [-0.1, -0.05) is 6.07 Å². The van der Waals surface area contributed by atoms with Gasteiger partial charge in [0.05, 0.1) is 11.3 Å². The summed E-state index contributed by atoms with van der Waals surface area (Å²) in [6, 6.07) is 9.92. The van der Waals surface area contributed by atoms with Crippen LogP contribution >= 0.6 is 0 Å². The van der Waals surface area contributed by atoms with E-state index in [1.807, 2.05) is 18.2 Å². The Morgan fingerprint density at radius 3 is 2.47 bits per heavy atom. The summed E-state index contributed by atoms with van der Waals surface area (Å²) in [5.41, 5.74) is 4.79. The van der Waals surface area contributed by atoms with E-state index in [9.17, 15) is 9.90 Å². The number of benzene rings is 1. The number of fused-ring (bicyclic) bond motifs is 2. The molecule has 0 saturated heterocycles. The van der Waals surface area contributed by atoms with Gasteiger partial charge in [0, 0.05) is 61.5 Å². The maximum atomic E-state index is 11.9. The van der Waals surface area contributed by atoms with Crippen molar-refractivity contribution >= 4 is 23.2 Å². The number of pyridine rings is 1. The minimum absolute atomic E-state index is 0.00276. The van der Waals surface area contributed by atoms with Crippen LogP contribution in [0.2, 0.25) is 0 Å². The summed E-state index contributed by atoms with van der Waals surface area (Å²) in [5.74, 6) is 0.636. The molecule has 1 aliphatic carbocycles. The van der Waals surface area contributed by atoms with Gasteiger partial charge >= 0.3 is 0 Å². The van der Waals surface area contributed by atoms with Crippen LogP contribution in [0.4, 0.5) is 17.3 Å². The predicted octanol–water partition coefficient (Wildman–Crippen LogP) is 3.93. The average Bonchev–Trinajstić information content (AvgIpc) is 3.49. The van der Waals surface area contributed by atoms with Crippen LogP contribution in [0.25, 0.3) is 11.3 Å². The lowest BCUT2D eigenvalue weighted by atomic mass is 9.98. The molecule has 1 spiro atoms. The van der Waals surface area contributed by atoms with Gasteiger partial charge in [-0.2, -0.15) is 0 Å². The third-order valence-electron chi connectivity index (χ3n) is 6.66. The van der Waals surface area contributed by atoms with Crippen molar-refractivity contribution in [2.75, 3.05) is 23.4 Å². The Kier molecular flexibility index (Phi) is 4.57. The summed E-state index contributed by atoms with van der Waals surface area (Å²) in [5, 5.41) is 10.3. The summed E-state index contributed by atoms with van der Waals surface area (Å²) >= 11 is 0. The fraction of sp³-hybridized carbons (Fsp3) is 0.360. The smallest absolute Gasteiger partial charge is 0.229 e. The van der Waals surface area contributed by atoms with Gasteiger partial charge in [-0.15, -0.1) is 0 Å². The van der Waals surface area contributed by atoms with E-state index in [1.54, 1.807) is 51.3 Å². The van der Waals surface area contributed by atoms with E-state index in [0.29, 0.717) is 5.95 Å². The van der Waals surface area contributed by atoms with E-state index < -0.39 is 5.60 Å². The second-order valence-corrected chi connectivity index (χ2v) is 9.41. The highest BCUT2D eigenvalue weighted by Crippen LogP contribution is 2.58. The Morgan fingerprint density at radius 1 is 1.12 bits per heavy atom. The summed E-state index contributed by atoms with van der Waals surface area (Å²) in [7, 11) is 1.79. The van der Waals surface area contributed by atoms with Crippen LogP contribution in [0.15, 0.2) is 48.9 Å². The van der Waals surface area contributed by atoms with Gasteiger partial charge in [-0.25, -0.2) is 9.97 Å². The van der Waals surface area contributed by atoms with Crippen molar-refractivity contribution in [2.24, 2.45) is 0 Å². The zero-order chi connectivity index (χ0) is 22.7. The molecule has 2 aliphatic rings. The van der Waals surface area contributed by atoms with Crippen LogP contribution in [-0.4, -0.2) is 39.6 Å². The maximum Gasteiger partial charge on any atom is 0.229 e.